The zero-order valence-electron chi connectivity index (χ0n) is 12.8. The smallest absolute Gasteiger partial charge is 0.234 e. The third-order valence-corrected chi connectivity index (χ3v) is 4.99. The molecule has 2 heterocycles. The van der Waals surface area contributed by atoms with E-state index in [1.807, 2.05) is 18.3 Å². The lowest BCUT2D eigenvalue weighted by Gasteiger charge is -2.34. The zero-order valence-corrected chi connectivity index (χ0v) is 13.6. The minimum Gasteiger partial charge on any atom is -0.379 e. The van der Waals surface area contributed by atoms with Crippen LogP contribution in [-0.2, 0) is 9.53 Å². The molecule has 1 amide bonds. The van der Waals surface area contributed by atoms with E-state index < -0.39 is 0 Å². The Labute approximate surface area is 130 Å². The Kier molecular flexibility index (Phi) is 6.17. The Bertz CT molecular complexity index is 458. The summed E-state index contributed by atoms with van der Waals surface area (Å²) in [5.41, 5.74) is 5.42. The fourth-order valence-electron chi connectivity index (χ4n) is 2.63. The van der Waals surface area contributed by atoms with E-state index >= 15 is 0 Å². The van der Waals surface area contributed by atoms with Crippen LogP contribution in [0.5, 0.6) is 0 Å². The molecule has 6 heteroatoms. The van der Waals surface area contributed by atoms with Gasteiger partial charge in [-0.1, -0.05) is 6.92 Å². The van der Waals surface area contributed by atoms with Crippen LogP contribution in [0.3, 0.4) is 0 Å². The van der Waals surface area contributed by atoms with Crippen LogP contribution >= 0.6 is 11.3 Å². The van der Waals surface area contributed by atoms with Crippen LogP contribution in [0.1, 0.15) is 29.1 Å². The molecule has 0 aliphatic carbocycles. The molecule has 2 unspecified atom stereocenters. The lowest BCUT2D eigenvalue weighted by atomic mass is 10.1. The molecule has 118 valence electrons. The van der Waals surface area contributed by atoms with Gasteiger partial charge in [-0.3, -0.25) is 9.69 Å². The van der Waals surface area contributed by atoms with Crippen LogP contribution in [-0.4, -0.2) is 49.7 Å². The fraction of sp³-hybridized carbons (Fsp3) is 0.667. The molecule has 0 spiro atoms. The summed E-state index contributed by atoms with van der Waals surface area (Å²) in [6.07, 6.45) is 0.717. The van der Waals surface area contributed by atoms with Crippen LogP contribution < -0.4 is 11.1 Å². The number of hydrogen-bond donors (Lipinski definition) is 2. The Morgan fingerprint density at radius 1 is 1.48 bits per heavy atom. The quantitative estimate of drug-likeness (QED) is 0.796. The van der Waals surface area contributed by atoms with Crippen molar-refractivity contribution in [2.75, 3.05) is 32.8 Å². The van der Waals surface area contributed by atoms with Gasteiger partial charge >= 0.3 is 0 Å². The molecule has 3 N–H and O–H groups in total. The van der Waals surface area contributed by atoms with Crippen LogP contribution in [0.25, 0.3) is 0 Å². The molecule has 5 nitrogen and oxygen atoms in total. The van der Waals surface area contributed by atoms with E-state index in [1.54, 1.807) is 0 Å². The number of morpholine rings is 1. The number of primary amides is 1. The summed E-state index contributed by atoms with van der Waals surface area (Å²) < 4.78 is 5.44. The lowest BCUT2D eigenvalue weighted by Crippen LogP contribution is -2.47. The Hall–Kier alpha value is -0.950. The Morgan fingerprint density at radius 2 is 2.19 bits per heavy atom. The highest BCUT2D eigenvalue weighted by atomic mass is 32.1. The highest BCUT2D eigenvalue weighted by Crippen LogP contribution is 2.28. The summed E-state index contributed by atoms with van der Waals surface area (Å²) in [5.74, 6) is -0.277. The van der Waals surface area contributed by atoms with Gasteiger partial charge in [0, 0.05) is 29.4 Å². The van der Waals surface area contributed by atoms with E-state index in [1.165, 1.54) is 9.75 Å². The summed E-state index contributed by atoms with van der Waals surface area (Å²) in [5, 5.41) is 3.32. The normalized spacial score (nSPS) is 19.3. The van der Waals surface area contributed by atoms with E-state index in [2.05, 4.69) is 29.3 Å². The van der Waals surface area contributed by atoms with Crippen LogP contribution in [0, 0.1) is 6.92 Å². The molecule has 1 aliphatic heterocycles. The van der Waals surface area contributed by atoms with E-state index in [0.29, 0.717) is 6.42 Å². The average Bonchev–Trinajstić information content (AvgIpc) is 2.90. The third-order valence-electron chi connectivity index (χ3n) is 3.89. The molecule has 2 atom stereocenters. The van der Waals surface area contributed by atoms with Crippen molar-refractivity contribution in [3.63, 3.8) is 0 Å². The minimum absolute atomic E-state index is 0.255. The molecule has 0 saturated carbocycles. The molecule has 1 saturated heterocycles. The maximum Gasteiger partial charge on any atom is 0.234 e. The first-order chi connectivity index (χ1) is 10.1. The van der Waals surface area contributed by atoms with Crippen molar-refractivity contribution >= 4 is 17.2 Å². The molecule has 21 heavy (non-hydrogen) atoms. The predicted octanol–water partition coefficient (Wildman–Crippen LogP) is 1.28. The number of nitrogens with zero attached hydrogens (tertiary/aromatic N) is 1. The van der Waals surface area contributed by atoms with Crippen LogP contribution in [0.15, 0.2) is 12.1 Å². The summed E-state index contributed by atoms with van der Waals surface area (Å²) in [4.78, 5) is 16.5. The molecule has 0 aromatic carbocycles. The number of nitrogens with one attached hydrogen (secondary N) is 1. The number of carbonyl (C=O) groups is 1. The predicted molar refractivity (Wildman–Crippen MR) is 85.5 cm³/mol. The van der Waals surface area contributed by atoms with E-state index in [9.17, 15) is 4.79 Å². The van der Waals surface area contributed by atoms with Gasteiger partial charge in [0.25, 0.3) is 0 Å². The summed E-state index contributed by atoms with van der Waals surface area (Å²) >= 11 is 1.82. The maximum atomic E-state index is 11.4. The van der Waals surface area contributed by atoms with Crippen molar-refractivity contribution in [3.8, 4) is 0 Å². The number of ether oxygens (including phenoxy) is 1. The van der Waals surface area contributed by atoms with Gasteiger partial charge in [0.2, 0.25) is 5.91 Å². The number of rotatable bonds is 7. The second-order valence-electron chi connectivity index (χ2n) is 5.38. The monoisotopic (exact) mass is 311 g/mol. The van der Waals surface area contributed by atoms with Crippen molar-refractivity contribution in [2.24, 2.45) is 5.73 Å². The van der Waals surface area contributed by atoms with Gasteiger partial charge in [-0.05, 0) is 25.5 Å². The van der Waals surface area contributed by atoms with E-state index in [4.69, 9.17) is 10.5 Å². The molecular formula is C15H25N3O2S. The summed E-state index contributed by atoms with van der Waals surface area (Å²) in [6.45, 7) is 8.23. The van der Waals surface area contributed by atoms with Gasteiger partial charge in [-0.25, -0.2) is 0 Å². The largest absolute Gasteiger partial charge is 0.379 e. The summed E-state index contributed by atoms with van der Waals surface area (Å²) in [6, 6.07) is 4.36. The van der Waals surface area contributed by atoms with Crippen molar-refractivity contribution in [1.29, 1.82) is 0 Å². The number of thiophene rings is 1. The lowest BCUT2D eigenvalue weighted by molar-refractivity contribution is -0.120. The van der Waals surface area contributed by atoms with Crippen molar-refractivity contribution in [3.05, 3.63) is 21.9 Å². The average molecular weight is 311 g/mol. The number of nitrogens with two attached hydrogens (primary N) is 1. The van der Waals surface area contributed by atoms with Gasteiger partial charge in [0.15, 0.2) is 0 Å². The number of aryl methyl sites for hydroxylation is 1. The van der Waals surface area contributed by atoms with Gasteiger partial charge < -0.3 is 15.8 Å². The van der Waals surface area contributed by atoms with Crippen molar-refractivity contribution in [2.45, 2.75) is 32.4 Å². The molecule has 1 aromatic rings. The van der Waals surface area contributed by atoms with Gasteiger partial charge in [-0.15, -0.1) is 11.3 Å². The first kappa shape index (κ1) is 16.4. The highest BCUT2D eigenvalue weighted by Gasteiger charge is 2.25. The first-order valence-corrected chi connectivity index (χ1v) is 8.34. The van der Waals surface area contributed by atoms with Crippen molar-refractivity contribution < 1.29 is 9.53 Å². The maximum absolute atomic E-state index is 11.4. The molecule has 1 aliphatic rings. The number of hydrogen-bond acceptors (Lipinski definition) is 5. The molecule has 2 rings (SSSR count). The van der Waals surface area contributed by atoms with Crippen LogP contribution in [0.2, 0.25) is 0 Å². The second kappa shape index (κ2) is 7.89. The van der Waals surface area contributed by atoms with Gasteiger partial charge in [0.1, 0.15) is 0 Å². The van der Waals surface area contributed by atoms with Gasteiger partial charge in [-0.2, -0.15) is 0 Å². The number of carbonyl (C=O) groups excluding carboxylic acids is 1. The van der Waals surface area contributed by atoms with Gasteiger partial charge in [0.05, 0.1) is 25.3 Å². The SMILES string of the molecule is CCC(NCC(c1ccc(C)s1)N1CCOCC1)C(N)=O. The number of amides is 1. The fourth-order valence-corrected chi connectivity index (χ4v) is 3.64. The molecule has 1 aromatic heterocycles. The topological polar surface area (TPSA) is 67.6 Å². The molecule has 0 radical (unpaired) electrons. The zero-order chi connectivity index (χ0) is 15.2. The highest BCUT2D eigenvalue weighted by molar-refractivity contribution is 7.12. The molecule has 0 bridgehead atoms. The second-order valence-corrected chi connectivity index (χ2v) is 6.70. The minimum atomic E-state index is -0.277. The third kappa shape index (κ3) is 4.51. The Morgan fingerprint density at radius 3 is 2.71 bits per heavy atom. The van der Waals surface area contributed by atoms with E-state index in [-0.39, 0.29) is 18.0 Å². The Balaban J connectivity index is 2.06. The van der Waals surface area contributed by atoms with E-state index in [0.717, 1.165) is 32.8 Å². The molecular weight excluding hydrogens is 286 g/mol. The summed E-state index contributed by atoms with van der Waals surface area (Å²) in [7, 11) is 0. The van der Waals surface area contributed by atoms with Crippen LogP contribution in [0.4, 0.5) is 0 Å². The molecule has 1 fully saturated rings. The van der Waals surface area contributed by atoms with Crippen molar-refractivity contribution in [1.82, 2.24) is 10.2 Å². The first-order valence-electron chi connectivity index (χ1n) is 7.52. The standard InChI is InChI=1S/C15H25N3O2S/c1-3-12(15(16)19)17-10-13(14-5-4-11(2)21-14)18-6-8-20-9-7-18/h4-5,12-13,17H,3,6-10H2,1-2H3,(H2,16,19).